The molecule has 2 atom stereocenters. The van der Waals surface area contributed by atoms with Crippen molar-refractivity contribution in [2.75, 3.05) is 6.79 Å². The van der Waals surface area contributed by atoms with Crippen LogP contribution in [0.3, 0.4) is 0 Å². The van der Waals surface area contributed by atoms with Crippen molar-refractivity contribution in [3.8, 4) is 11.5 Å². The highest BCUT2D eigenvalue weighted by molar-refractivity contribution is 7.89. The van der Waals surface area contributed by atoms with Gasteiger partial charge in [0.2, 0.25) is 16.8 Å². The van der Waals surface area contributed by atoms with Crippen molar-refractivity contribution >= 4 is 10.0 Å². The average molecular weight is 333 g/mol. The van der Waals surface area contributed by atoms with Crippen LogP contribution in [-0.2, 0) is 16.4 Å². The monoisotopic (exact) mass is 333 g/mol. The van der Waals surface area contributed by atoms with Crippen LogP contribution in [0.25, 0.3) is 0 Å². The summed E-state index contributed by atoms with van der Waals surface area (Å²) >= 11 is 0. The lowest BCUT2D eigenvalue weighted by Gasteiger charge is -2.30. The Balaban J connectivity index is 1.66. The van der Waals surface area contributed by atoms with Gasteiger partial charge >= 0.3 is 0 Å². The number of aliphatic hydroxyl groups excluding tert-OH is 1. The second-order valence-electron chi connectivity index (χ2n) is 5.60. The maximum Gasteiger partial charge on any atom is 0.241 e. The minimum absolute atomic E-state index is 0.134. The van der Waals surface area contributed by atoms with Crippen molar-refractivity contribution in [3.05, 3.63) is 53.6 Å². The zero-order valence-corrected chi connectivity index (χ0v) is 12.9. The van der Waals surface area contributed by atoms with Gasteiger partial charge in [-0.25, -0.2) is 13.1 Å². The van der Waals surface area contributed by atoms with E-state index in [0.717, 1.165) is 5.56 Å². The average Bonchev–Trinajstić information content (AvgIpc) is 3.00. The van der Waals surface area contributed by atoms with Crippen molar-refractivity contribution in [3.63, 3.8) is 0 Å². The molecule has 0 saturated carbocycles. The first-order chi connectivity index (χ1) is 11.0. The summed E-state index contributed by atoms with van der Waals surface area (Å²) in [5.41, 5.74) is 1.29. The molecule has 7 heteroatoms. The molecule has 2 aliphatic heterocycles. The molecule has 120 valence electrons. The van der Waals surface area contributed by atoms with Gasteiger partial charge in [0.05, 0.1) is 17.0 Å². The van der Waals surface area contributed by atoms with Gasteiger partial charge in [-0.2, -0.15) is 0 Å². The minimum Gasteiger partial charge on any atom is -0.454 e. The number of aliphatic hydroxyl groups is 1. The number of nitrogens with one attached hydrogen (secondary N) is 1. The second kappa shape index (κ2) is 5.23. The normalized spacial score (nSPS) is 24.2. The van der Waals surface area contributed by atoms with E-state index >= 15 is 0 Å². The summed E-state index contributed by atoms with van der Waals surface area (Å²) in [6.45, 7) is 0.185. The molecule has 0 spiro atoms. The SMILES string of the molecule is O=S1(=O)N[C@H](Cc2ccc3c(c2)OCO3)[C@@H](O)c2ccccc21. The molecule has 23 heavy (non-hydrogen) atoms. The number of hydrogen-bond donors (Lipinski definition) is 2. The Morgan fingerprint density at radius 1 is 1.13 bits per heavy atom. The maximum absolute atomic E-state index is 12.3. The second-order valence-corrected chi connectivity index (χ2v) is 7.28. The van der Waals surface area contributed by atoms with Gasteiger partial charge in [-0.3, -0.25) is 0 Å². The molecule has 0 amide bonds. The van der Waals surface area contributed by atoms with Crippen LogP contribution in [0, 0.1) is 0 Å². The van der Waals surface area contributed by atoms with E-state index in [1.165, 1.54) is 6.07 Å². The zero-order valence-electron chi connectivity index (χ0n) is 12.1. The fraction of sp³-hybridized carbons (Fsp3) is 0.250. The van der Waals surface area contributed by atoms with Crippen LogP contribution in [0.5, 0.6) is 11.5 Å². The molecule has 2 N–H and O–H groups in total. The Bertz CT molecular complexity index is 865. The lowest BCUT2D eigenvalue weighted by molar-refractivity contribution is 0.131. The highest BCUT2D eigenvalue weighted by atomic mass is 32.2. The van der Waals surface area contributed by atoms with Gasteiger partial charge in [-0.05, 0) is 30.2 Å². The van der Waals surface area contributed by atoms with E-state index in [0.29, 0.717) is 23.5 Å². The number of rotatable bonds is 2. The summed E-state index contributed by atoms with van der Waals surface area (Å²) in [6, 6.07) is 11.3. The number of benzene rings is 2. The Kier molecular flexibility index (Phi) is 3.29. The molecule has 2 heterocycles. The highest BCUT2D eigenvalue weighted by Crippen LogP contribution is 2.35. The summed E-state index contributed by atoms with van der Waals surface area (Å²) in [7, 11) is -3.62. The topological polar surface area (TPSA) is 84.9 Å². The number of fused-ring (bicyclic) bond motifs is 2. The quantitative estimate of drug-likeness (QED) is 0.867. The number of ether oxygens (including phenoxy) is 2. The third-order valence-electron chi connectivity index (χ3n) is 4.11. The summed E-state index contributed by atoms with van der Waals surface area (Å²) in [6.07, 6.45) is -0.550. The molecule has 0 bridgehead atoms. The van der Waals surface area contributed by atoms with Gasteiger partial charge < -0.3 is 14.6 Å². The molecular weight excluding hydrogens is 318 g/mol. The van der Waals surface area contributed by atoms with Crippen LogP contribution >= 0.6 is 0 Å². The van der Waals surface area contributed by atoms with Crippen molar-refractivity contribution in [2.45, 2.75) is 23.5 Å². The molecule has 0 unspecified atom stereocenters. The van der Waals surface area contributed by atoms with E-state index in [4.69, 9.17) is 9.47 Å². The standard InChI is InChI=1S/C16H15NO5S/c18-16-11-3-1-2-4-15(11)23(19,20)17-12(16)7-10-5-6-13-14(8-10)22-9-21-13/h1-6,8,12,16-18H,7,9H2/t12-,16+/m1/s1. The molecular formula is C16H15NO5S. The first-order valence-corrected chi connectivity index (χ1v) is 8.71. The van der Waals surface area contributed by atoms with Gasteiger partial charge in [0, 0.05) is 5.56 Å². The molecule has 0 aromatic heterocycles. The Morgan fingerprint density at radius 3 is 2.78 bits per heavy atom. The van der Waals surface area contributed by atoms with Gasteiger partial charge in [-0.1, -0.05) is 24.3 Å². The van der Waals surface area contributed by atoms with Crippen LogP contribution in [0.4, 0.5) is 0 Å². The van der Waals surface area contributed by atoms with E-state index in [9.17, 15) is 13.5 Å². The molecule has 6 nitrogen and oxygen atoms in total. The fourth-order valence-corrected chi connectivity index (χ4v) is 4.48. The summed E-state index contributed by atoms with van der Waals surface area (Å²) in [4.78, 5) is 0.134. The first-order valence-electron chi connectivity index (χ1n) is 7.22. The van der Waals surface area contributed by atoms with Crippen molar-refractivity contribution < 1.29 is 23.0 Å². The van der Waals surface area contributed by atoms with Crippen molar-refractivity contribution in [1.29, 1.82) is 0 Å². The van der Waals surface area contributed by atoms with Crippen LogP contribution in [0.2, 0.25) is 0 Å². The van der Waals surface area contributed by atoms with Gasteiger partial charge in [0.15, 0.2) is 11.5 Å². The molecule has 0 saturated heterocycles. The predicted octanol–water partition coefficient (Wildman–Crippen LogP) is 1.35. The summed E-state index contributed by atoms with van der Waals surface area (Å²) < 4.78 is 37.8. The van der Waals surface area contributed by atoms with Gasteiger partial charge in [0.1, 0.15) is 0 Å². The minimum atomic E-state index is -3.62. The molecule has 2 aromatic rings. The van der Waals surface area contributed by atoms with Crippen LogP contribution in [0.1, 0.15) is 17.2 Å². The third-order valence-corrected chi connectivity index (χ3v) is 5.67. The van der Waals surface area contributed by atoms with Crippen LogP contribution in [-0.4, -0.2) is 26.4 Å². The molecule has 0 aliphatic carbocycles. The smallest absolute Gasteiger partial charge is 0.241 e. The Hall–Kier alpha value is -2.09. The molecule has 0 fully saturated rings. The van der Waals surface area contributed by atoms with Crippen molar-refractivity contribution in [1.82, 2.24) is 4.72 Å². The molecule has 2 aliphatic rings. The number of hydrogen-bond acceptors (Lipinski definition) is 5. The Labute approximate surface area is 133 Å². The summed E-state index contributed by atoms with van der Waals surface area (Å²) in [5, 5.41) is 10.5. The fourth-order valence-electron chi connectivity index (χ4n) is 2.99. The van der Waals surface area contributed by atoms with Crippen LogP contribution in [0.15, 0.2) is 47.4 Å². The zero-order chi connectivity index (χ0) is 16.0. The largest absolute Gasteiger partial charge is 0.454 e. The van der Waals surface area contributed by atoms with E-state index in [1.807, 2.05) is 12.1 Å². The van der Waals surface area contributed by atoms with Gasteiger partial charge in [0.25, 0.3) is 0 Å². The predicted molar refractivity (Wildman–Crippen MR) is 81.8 cm³/mol. The van der Waals surface area contributed by atoms with E-state index in [-0.39, 0.29) is 11.7 Å². The van der Waals surface area contributed by atoms with E-state index in [1.54, 1.807) is 24.3 Å². The third kappa shape index (κ3) is 2.46. The molecule has 2 aromatic carbocycles. The van der Waals surface area contributed by atoms with E-state index in [2.05, 4.69) is 4.72 Å². The van der Waals surface area contributed by atoms with E-state index < -0.39 is 22.2 Å². The molecule has 0 radical (unpaired) electrons. The number of sulfonamides is 1. The van der Waals surface area contributed by atoms with Crippen LogP contribution < -0.4 is 14.2 Å². The molecule has 4 rings (SSSR count). The summed E-state index contributed by atoms with van der Waals surface area (Å²) in [5.74, 6) is 1.31. The lowest BCUT2D eigenvalue weighted by atomic mass is 9.96. The highest BCUT2D eigenvalue weighted by Gasteiger charge is 2.36. The maximum atomic E-state index is 12.3. The first kappa shape index (κ1) is 14.5. The lowest BCUT2D eigenvalue weighted by Crippen LogP contribution is -2.45. The van der Waals surface area contributed by atoms with Crippen molar-refractivity contribution in [2.24, 2.45) is 0 Å². The Morgan fingerprint density at radius 2 is 1.91 bits per heavy atom. The van der Waals surface area contributed by atoms with Gasteiger partial charge in [-0.15, -0.1) is 0 Å².